The van der Waals surface area contributed by atoms with Gasteiger partial charge in [0, 0.05) is 25.0 Å². The lowest BCUT2D eigenvalue weighted by Crippen LogP contribution is -2.31. The van der Waals surface area contributed by atoms with Crippen molar-refractivity contribution in [3.05, 3.63) is 25.0 Å². The zero-order valence-corrected chi connectivity index (χ0v) is 9.32. The van der Waals surface area contributed by atoms with Crippen LogP contribution in [0.4, 0.5) is 5.95 Å². The highest BCUT2D eigenvalue weighted by Gasteiger charge is 2.24. The zero-order valence-electron chi connectivity index (χ0n) is 9.32. The van der Waals surface area contributed by atoms with Crippen molar-refractivity contribution >= 4 is 5.95 Å². The fraction of sp³-hybridized carbons (Fsp3) is 0.583. The summed E-state index contributed by atoms with van der Waals surface area (Å²) in [7, 11) is 0. The molecule has 15 heavy (non-hydrogen) atoms. The summed E-state index contributed by atoms with van der Waals surface area (Å²) in [6, 6.07) is 0.532. The Balaban J connectivity index is 1.96. The molecule has 1 aromatic heterocycles. The minimum atomic E-state index is 0.532. The molecule has 1 unspecified atom stereocenters. The number of nitrogens with one attached hydrogen (secondary N) is 1. The standard InChI is InChI=1S/C12H19N3/c1-3-8-15-9-7-13-12(15)14-10(2)11-5-4-6-11/h3,7,9-11H,1,4-6,8H2,2H3,(H,13,14). The molecule has 2 rings (SSSR count). The van der Waals surface area contributed by atoms with E-state index in [0.29, 0.717) is 6.04 Å². The molecule has 1 atom stereocenters. The first-order valence-corrected chi connectivity index (χ1v) is 5.70. The van der Waals surface area contributed by atoms with Crippen molar-refractivity contribution in [3.8, 4) is 0 Å². The summed E-state index contributed by atoms with van der Waals surface area (Å²) in [5.41, 5.74) is 0. The molecule has 1 heterocycles. The number of hydrogen-bond acceptors (Lipinski definition) is 2. The van der Waals surface area contributed by atoms with Crippen molar-refractivity contribution in [1.82, 2.24) is 9.55 Å². The maximum Gasteiger partial charge on any atom is 0.203 e. The van der Waals surface area contributed by atoms with Crippen molar-refractivity contribution in [1.29, 1.82) is 0 Å². The molecular formula is C12H19N3. The van der Waals surface area contributed by atoms with Gasteiger partial charge in [-0.3, -0.25) is 0 Å². The van der Waals surface area contributed by atoms with Gasteiger partial charge in [0.1, 0.15) is 0 Å². The quantitative estimate of drug-likeness (QED) is 0.749. The Morgan fingerprint density at radius 2 is 2.53 bits per heavy atom. The van der Waals surface area contributed by atoms with Crippen molar-refractivity contribution in [2.45, 2.75) is 38.8 Å². The van der Waals surface area contributed by atoms with Crippen LogP contribution in [0.2, 0.25) is 0 Å². The summed E-state index contributed by atoms with van der Waals surface area (Å²) < 4.78 is 2.09. The number of nitrogens with zero attached hydrogens (tertiary/aromatic N) is 2. The molecule has 0 bridgehead atoms. The molecule has 1 fully saturated rings. The number of rotatable bonds is 5. The largest absolute Gasteiger partial charge is 0.353 e. The molecule has 0 saturated heterocycles. The van der Waals surface area contributed by atoms with Gasteiger partial charge in [0.15, 0.2) is 0 Å². The summed E-state index contributed by atoms with van der Waals surface area (Å²) in [5.74, 6) is 1.80. The van der Waals surface area contributed by atoms with E-state index in [1.165, 1.54) is 19.3 Å². The third kappa shape index (κ3) is 2.22. The average molecular weight is 205 g/mol. The van der Waals surface area contributed by atoms with Crippen LogP contribution in [0.15, 0.2) is 25.0 Å². The second-order valence-electron chi connectivity index (χ2n) is 4.32. The molecule has 1 N–H and O–H groups in total. The van der Waals surface area contributed by atoms with Gasteiger partial charge in [-0.2, -0.15) is 0 Å². The molecule has 3 heteroatoms. The number of imidazole rings is 1. The Kier molecular flexibility index (Phi) is 3.09. The summed E-state index contributed by atoms with van der Waals surface area (Å²) in [6.07, 6.45) is 9.81. The lowest BCUT2D eigenvalue weighted by Gasteiger charge is -2.32. The Morgan fingerprint density at radius 1 is 1.73 bits per heavy atom. The van der Waals surface area contributed by atoms with E-state index in [2.05, 4.69) is 28.4 Å². The van der Waals surface area contributed by atoms with Gasteiger partial charge < -0.3 is 9.88 Å². The summed E-state index contributed by atoms with van der Waals surface area (Å²) in [5, 5.41) is 3.48. The lowest BCUT2D eigenvalue weighted by atomic mass is 9.80. The average Bonchev–Trinajstić information content (AvgIpc) is 2.50. The first kappa shape index (κ1) is 10.3. The Labute approximate surface area is 91.2 Å². The Bertz CT molecular complexity index is 325. The molecule has 82 valence electrons. The number of anilines is 1. The second kappa shape index (κ2) is 4.51. The van der Waals surface area contributed by atoms with Crippen LogP contribution in [0.1, 0.15) is 26.2 Å². The van der Waals surface area contributed by atoms with Gasteiger partial charge in [-0.05, 0) is 25.7 Å². The summed E-state index contributed by atoms with van der Waals surface area (Å²) >= 11 is 0. The van der Waals surface area contributed by atoms with E-state index < -0.39 is 0 Å². The lowest BCUT2D eigenvalue weighted by molar-refractivity contribution is 0.284. The van der Waals surface area contributed by atoms with Crippen molar-refractivity contribution in [2.75, 3.05) is 5.32 Å². The second-order valence-corrected chi connectivity index (χ2v) is 4.32. The van der Waals surface area contributed by atoms with E-state index in [1.54, 1.807) is 0 Å². The van der Waals surface area contributed by atoms with Crippen molar-refractivity contribution in [2.24, 2.45) is 5.92 Å². The minimum absolute atomic E-state index is 0.532. The first-order chi connectivity index (χ1) is 7.31. The highest BCUT2D eigenvalue weighted by atomic mass is 15.2. The highest BCUT2D eigenvalue weighted by molar-refractivity contribution is 5.28. The van der Waals surface area contributed by atoms with Gasteiger partial charge in [0.05, 0.1) is 0 Å². The van der Waals surface area contributed by atoms with Crippen LogP contribution in [-0.2, 0) is 6.54 Å². The van der Waals surface area contributed by atoms with E-state index in [-0.39, 0.29) is 0 Å². The first-order valence-electron chi connectivity index (χ1n) is 5.70. The van der Waals surface area contributed by atoms with Crippen LogP contribution < -0.4 is 5.32 Å². The van der Waals surface area contributed by atoms with E-state index in [0.717, 1.165) is 18.4 Å². The monoisotopic (exact) mass is 205 g/mol. The molecule has 1 aliphatic carbocycles. The predicted molar refractivity (Wildman–Crippen MR) is 62.8 cm³/mol. The SMILES string of the molecule is C=CCn1ccnc1NC(C)C1CCC1. The maximum atomic E-state index is 4.32. The van der Waals surface area contributed by atoms with Crippen LogP contribution in [0.5, 0.6) is 0 Å². The van der Waals surface area contributed by atoms with Crippen LogP contribution >= 0.6 is 0 Å². The molecule has 0 aromatic carbocycles. The number of allylic oxidation sites excluding steroid dienone is 1. The van der Waals surface area contributed by atoms with Gasteiger partial charge in [-0.15, -0.1) is 6.58 Å². The third-order valence-corrected chi connectivity index (χ3v) is 3.25. The normalized spacial score (nSPS) is 18.2. The maximum absolute atomic E-state index is 4.32. The third-order valence-electron chi connectivity index (χ3n) is 3.25. The van der Waals surface area contributed by atoms with Gasteiger partial charge >= 0.3 is 0 Å². The zero-order chi connectivity index (χ0) is 10.7. The molecule has 1 aromatic rings. The van der Waals surface area contributed by atoms with Gasteiger partial charge in [-0.1, -0.05) is 12.5 Å². The van der Waals surface area contributed by atoms with E-state index in [1.807, 2.05) is 18.5 Å². The van der Waals surface area contributed by atoms with Crippen LogP contribution in [-0.4, -0.2) is 15.6 Å². The van der Waals surface area contributed by atoms with Crippen LogP contribution in [0, 0.1) is 5.92 Å². The Morgan fingerprint density at radius 3 is 3.13 bits per heavy atom. The number of hydrogen-bond donors (Lipinski definition) is 1. The molecular weight excluding hydrogens is 186 g/mol. The molecule has 3 nitrogen and oxygen atoms in total. The minimum Gasteiger partial charge on any atom is -0.353 e. The van der Waals surface area contributed by atoms with Crippen molar-refractivity contribution < 1.29 is 0 Å². The van der Waals surface area contributed by atoms with Crippen molar-refractivity contribution in [3.63, 3.8) is 0 Å². The topological polar surface area (TPSA) is 29.9 Å². The van der Waals surface area contributed by atoms with Crippen LogP contribution in [0.3, 0.4) is 0 Å². The molecule has 1 saturated carbocycles. The molecule has 1 aliphatic rings. The molecule has 0 aliphatic heterocycles. The number of aromatic nitrogens is 2. The van der Waals surface area contributed by atoms with Gasteiger partial charge in [-0.25, -0.2) is 4.98 Å². The van der Waals surface area contributed by atoms with Gasteiger partial charge in [0.2, 0.25) is 5.95 Å². The summed E-state index contributed by atoms with van der Waals surface area (Å²) in [4.78, 5) is 4.32. The van der Waals surface area contributed by atoms with Crippen LogP contribution in [0.25, 0.3) is 0 Å². The van der Waals surface area contributed by atoms with E-state index >= 15 is 0 Å². The fourth-order valence-corrected chi connectivity index (χ4v) is 2.00. The molecule has 0 spiro atoms. The van der Waals surface area contributed by atoms with E-state index in [9.17, 15) is 0 Å². The van der Waals surface area contributed by atoms with Gasteiger partial charge in [0.25, 0.3) is 0 Å². The highest BCUT2D eigenvalue weighted by Crippen LogP contribution is 2.30. The smallest absolute Gasteiger partial charge is 0.203 e. The summed E-state index contributed by atoms with van der Waals surface area (Å²) in [6.45, 7) is 6.81. The molecule has 0 radical (unpaired) electrons. The molecule has 0 amide bonds. The Hall–Kier alpha value is -1.25. The fourth-order valence-electron chi connectivity index (χ4n) is 2.00. The van der Waals surface area contributed by atoms with E-state index in [4.69, 9.17) is 0 Å². The predicted octanol–water partition coefficient (Wildman–Crippen LogP) is 2.67.